The molecule has 0 unspecified atom stereocenters. The first kappa shape index (κ1) is 16.8. The van der Waals surface area contributed by atoms with Gasteiger partial charge in [-0.2, -0.15) is 0 Å². The van der Waals surface area contributed by atoms with Crippen molar-refractivity contribution in [2.24, 2.45) is 0 Å². The van der Waals surface area contributed by atoms with Gasteiger partial charge in [-0.05, 0) is 42.5 Å². The summed E-state index contributed by atoms with van der Waals surface area (Å²) in [5.74, 6) is -0.322. The van der Waals surface area contributed by atoms with E-state index in [9.17, 15) is 13.2 Å². The first-order chi connectivity index (χ1) is 11.9. The number of aromatic nitrogens is 1. The number of benzene rings is 2. The molecule has 7 heteroatoms. The molecule has 0 atom stereocenters. The second-order valence-electron chi connectivity index (χ2n) is 5.51. The predicted molar refractivity (Wildman–Crippen MR) is 98.6 cm³/mol. The van der Waals surface area contributed by atoms with Gasteiger partial charge in [-0.25, -0.2) is 8.42 Å². The zero-order chi connectivity index (χ0) is 17.9. The molecule has 0 aliphatic rings. The molecule has 0 spiro atoms. The second-order valence-corrected chi connectivity index (χ2v) is 7.26. The highest BCUT2D eigenvalue weighted by Crippen LogP contribution is 2.23. The molecule has 0 aliphatic heterocycles. The molecule has 1 heterocycles. The maximum Gasteiger partial charge on any atom is 0.255 e. The largest absolute Gasteiger partial charge is 0.324 e. The highest BCUT2D eigenvalue weighted by atomic mass is 32.2. The number of amides is 1. The molecule has 1 aromatic heterocycles. The van der Waals surface area contributed by atoms with Crippen LogP contribution in [0.2, 0.25) is 0 Å². The topological polar surface area (TPSA) is 80.2 Å². The summed E-state index contributed by atoms with van der Waals surface area (Å²) in [7, 11) is -3.44. The van der Waals surface area contributed by atoms with E-state index in [-0.39, 0.29) is 5.91 Å². The van der Waals surface area contributed by atoms with E-state index in [1.165, 1.54) is 0 Å². The Balaban J connectivity index is 1.85. The van der Waals surface area contributed by atoms with E-state index >= 15 is 0 Å². The first-order valence-electron chi connectivity index (χ1n) is 7.54. The number of hydrogen-bond donors (Lipinski definition) is 2. The van der Waals surface area contributed by atoms with Crippen LogP contribution in [0.3, 0.4) is 0 Å². The minimum absolute atomic E-state index is 0.319. The number of hydrogen-bond acceptors (Lipinski definition) is 3. The highest BCUT2D eigenvalue weighted by Gasteiger charge is 2.12. The van der Waals surface area contributed by atoms with Crippen LogP contribution in [0.1, 0.15) is 10.4 Å². The van der Waals surface area contributed by atoms with Gasteiger partial charge in [0.1, 0.15) is 0 Å². The summed E-state index contributed by atoms with van der Waals surface area (Å²) in [5, 5.41) is 2.75. The van der Waals surface area contributed by atoms with E-state index in [2.05, 4.69) is 10.0 Å². The molecular formula is C18H17N3O3S. The molecule has 0 aliphatic carbocycles. The van der Waals surface area contributed by atoms with E-state index in [1.807, 2.05) is 35.2 Å². The fraction of sp³-hybridized carbons (Fsp3) is 0.0556. The van der Waals surface area contributed by atoms with Crippen LogP contribution in [0, 0.1) is 0 Å². The fourth-order valence-electron chi connectivity index (χ4n) is 2.39. The Morgan fingerprint density at radius 2 is 1.60 bits per heavy atom. The number of anilines is 2. The summed E-state index contributed by atoms with van der Waals surface area (Å²) < 4.78 is 27.2. The molecule has 3 aromatic rings. The summed E-state index contributed by atoms with van der Waals surface area (Å²) in [6, 6.07) is 17.6. The second kappa shape index (κ2) is 6.82. The Morgan fingerprint density at radius 3 is 2.28 bits per heavy atom. The Hall–Kier alpha value is -3.06. The number of rotatable bonds is 5. The molecule has 6 nitrogen and oxygen atoms in total. The van der Waals surface area contributed by atoms with Crippen LogP contribution < -0.4 is 10.0 Å². The van der Waals surface area contributed by atoms with Crippen LogP contribution in [-0.4, -0.2) is 25.1 Å². The van der Waals surface area contributed by atoms with Crippen LogP contribution in [0.25, 0.3) is 5.69 Å². The van der Waals surface area contributed by atoms with Crippen molar-refractivity contribution in [2.75, 3.05) is 16.3 Å². The predicted octanol–water partition coefficient (Wildman–Crippen LogP) is 3.10. The third-order valence-corrected chi connectivity index (χ3v) is 4.07. The first-order valence-corrected chi connectivity index (χ1v) is 9.43. The maximum atomic E-state index is 12.6. The van der Waals surface area contributed by atoms with Crippen molar-refractivity contribution in [2.45, 2.75) is 0 Å². The third-order valence-electron chi connectivity index (χ3n) is 3.48. The van der Waals surface area contributed by atoms with Gasteiger partial charge in [0.25, 0.3) is 5.91 Å². The number of para-hydroxylation sites is 2. The molecule has 0 radical (unpaired) electrons. The summed E-state index contributed by atoms with van der Waals surface area (Å²) in [5.41, 5.74) is 2.05. The fourth-order valence-corrected chi connectivity index (χ4v) is 2.97. The van der Waals surface area contributed by atoms with Crippen molar-refractivity contribution in [3.05, 3.63) is 78.6 Å². The van der Waals surface area contributed by atoms with Crippen molar-refractivity contribution >= 4 is 27.3 Å². The van der Waals surface area contributed by atoms with Crippen LogP contribution in [-0.2, 0) is 10.0 Å². The van der Waals surface area contributed by atoms with Gasteiger partial charge in [0, 0.05) is 23.6 Å². The Labute approximate surface area is 146 Å². The van der Waals surface area contributed by atoms with E-state index in [1.54, 1.807) is 42.5 Å². The quantitative estimate of drug-likeness (QED) is 0.738. The lowest BCUT2D eigenvalue weighted by atomic mass is 10.1. The van der Waals surface area contributed by atoms with E-state index in [0.717, 1.165) is 11.9 Å². The summed E-state index contributed by atoms with van der Waals surface area (Å²) in [6.07, 6.45) is 4.84. The Kier molecular flexibility index (Phi) is 4.58. The van der Waals surface area contributed by atoms with Gasteiger partial charge in [0.15, 0.2) is 0 Å². The van der Waals surface area contributed by atoms with Crippen molar-refractivity contribution < 1.29 is 13.2 Å². The number of carbonyl (C=O) groups is 1. The molecule has 3 rings (SSSR count). The SMILES string of the molecule is CS(=O)(=O)Nc1ccccc1NC(=O)c1cccc(-n2cccc2)c1. The monoisotopic (exact) mass is 355 g/mol. The van der Waals surface area contributed by atoms with Crippen molar-refractivity contribution in [1.82, 2.24) is 4.57 Å². The van der Waals surface area contributed by atoms with Crippen LogP contribution in [0.15, 0.2) is 73.1 Å². The van der Waals surface area contributed by atoms with Gasteiger partial charge in [-0.15, -0.1) is 0 Å². The number of sulfonamides is 1. The minimum Gasteiger partial charge on any atom is -0.324 e. The van der Waals surface area contributed by atoms with Crippen LogP contribution in [0.4, 0.5) is 11.4 Å². The van der Waals surface area contributed by atoms with Crippen molar-refractivity contribution in [1.29, 1.82) is 0 Å². The third kappa shape index (κ3) is 4.27. The van der Waals surface area contributed by atoms with E-state index in [0.29, 0.717) is 16.9 Å². The smallest absolute Gasteiger partial charge is 0.255 e. The maximum absolute atomic E-state index is 12.6. The zero-order valence-electron chi connectivity index (χ0n) is 13.5. The number of carbonyl (C=O) groups excluding carboxylic acids is 1. The molecule has 1 amide bonds. The number of nitrogens with one attached hydrogen (secondary N) is 2. The Morgan fingerprint density at radius 1 is 0.920 bits per heavy atom. The number of nitrogens with zero attached hydrogens (tertiary/aromatic N) is 1. The van der Waals surface area contributed by atoms with Gasteiger partial charge in [-0.3, -0.25) is 9.52 Å². The van der Waals surface area contributed by atoms with Gasteiger partial charge < -0.3 is 9.88 Å². The normalized spacial score (nSPS) is 11.1. The summed E-state index contributed by atoms with van der Waals surface area (Å²) in [4.78, 5) is 12.6. The average Bonchev–Trinajstić information content (AvgIpc) is 3.10. The molecule has 0 bridgehead atoms. The lowest BCUT2D eigenvalue weighted by Gasteiger charge is -2.12. The lowest BCUT2D eigenvalue weighted by molar-refractivity contribution is 0.102. The minimum atomic E-state index is -3.44. The van der Waals surface area contributed by atoms with E-state index in [4.69, 9.17) is 0 Å². The lowest BCUT2D eigenvalue weighted by Crippen LogP contribution is -2.16. The molecule has 2 N–H and O–H groups in total. The standard InChI is InChI=1S/C18H17N3O3S/c1-25(23,24)20-17-10-3-2-9-16(17)19-18(22)14-7-6-8-15(13-14)21-11-4-5-12-21/h2-13,20H,1H3,(H,19,22). The molecule has 25 heavy (non-hydrogen) atoms. The van der Waals surface area contributed by atoms with Crippen molar-refractivity contribution in [3.8, 4) is 5.69 Å². The molecule has 2 aromatic carbocycles. The molecule has 0 saturated carbocycles. The molecule has 0 saturated heterocycles. The van der Waals surface area contributed by atoms with Gasteiger partial charge in [0.2, 0.25) is 10.0 Å². The summed E-state index contributed by atoms with van der Waals surface area (Å²) in [6.45, 7) is 0. The van der Waals surface area contributed by atoms with Gasteiger partial charge in [0.05, 0.1) is 17.6 Å². The molecular weight excluding hydrogens is 338 g/mol. The van der Waals surface area contributed by atoms with Gasteiger partial charge in [-0.1, -0.05) is 18.2 Å². The zero-order valence-corrected chi connectivity index (χ0v) is 14.3. The molecule has 0 fully saturated rings. The van der Waals surface area contributed by atoms with Crippen LogP contribution in [0.5, 0.6) is 0 Å². The Bertz CT molecular complexity index is 996. The van der Waals surface area contributed by atoms with Crippen LogP contribution >= 0.6 is 0 Å². The average molecular weight is 355 g/mol. The highest BCUT2D eigenvalue weighted by molar-refractivity contribution is 7.92. The van der Waals surface area contributed by atoms with Gasteiger partial charge >= 0.3 is 0 Å². The molecule has 128 valence electrons. The van der Waals surface area contributed by atoms with Crippen molar-refractivity contribution in [3.63, 3.8) is 0 Å². The van der Waals surface area contributed by atoms with E-state index < -0.39 is 10.0 Å². The summed E-state index contributed by atoms with van der Waals surface area (Å²) >= 11 is 0.